The van der Waals surface area contributed by atoms with Crippen LogP contribution in [0.4, 0.5) is 0 Å². The molecule has 0 bridgehead atoms. The molecule has 0 unspecified atom stereocenters. The highest BCUT2D eigenvalue weighted by atomic mass is 16.3. The number of Topliss-reactive ketones (excluding diaryl/α,β-unsaturated/α-hetero) is 2. The third-order valence-corrected chi connectivity index (χ3v) is 5.60. The van der Waals surface area contributed by atoms with E-state index < -0.39 is 11.2 Å². The number of nitrogens with one attached hydrogen (secondary N) is 1. The maximum Gasteiger partial charge on any atom is 0.193 e. The first kappa shape index (κ1) is 26.9. The number of nitrogens with two attached hydrogens (primary N) is 1. The highest BCUT2D eigenvalue weighted by Gasteiger charge is 2.26. The fraction of sp³-hybridized carbons (Fsp3) is 0.481. The van der Waals surface area contributed by atoms with E-state index in [2.05, 4.69) is 5.32 Å². The van der Waals surface area contributed by atoms with Gasteiger partial charge in [0.1, 0.15) is 11.2 Å². The molecule has 0 aliphatic rings. The Bertz CT molecular complexity index is 838. The quantitative estimate of drug-likeness (QED) is 0.271. The van der Waals surface area contributed by atoms with Crippen LogP contribution >= 0.6 is 0 Å². The Labute approximate surface area is 197 Å². The zero-order chi connectivity index (χ0) is 24.6. The molecular weight excluding hydrogens is 416 g/mol. The summed E-state index contributed by atoms with van der Waals surface area (Å²) in [5.41, 5.74) is 5.59. The first-order valence-electron chi connectivity index (χ1n) is 11.6. The van der Waals surface area contributed by atoms with Crippen molar-refractivity contribution in [3.8, 4) is 0 Å². The van der Waals surface area contributed by atoms with Gasteiger partial charge in [-0.2, -0.15) is 0 Å². The number of carbonyl (C=O) groups is 2. The van der Waals surface area contributed by atoms with E-state index in [1.54, 1.807) is 24.3 Å². The van der Waals surface area contributed by atoms with E-state index >= 15 is 0 Å². The van der Waals surface area contributed by atoms with E-state index in [1.807, 2.05) is 24.3 Å². The minimum Gasteiger partial charge on any atom is -0.382 e. The maximum absolute atomic E-state index is 12.4. The zero-order valence-electron chi connectivity index (χ0n) is 20.2. The number of carbonyl (C=O) groups excluding carboxylic acids is 2. The molecule has 0 aliphatic carbocycles. The third-order valence-electron chi connectivity index (χ3n) is 5.60. The van der Waals surface area contributed by atoms with Gasteiger partial charge in [0.15, 0.2) is 11.6 Å². The molecular formula is C27H38N2O4. The second kappa shape index (κ2) is 11.7. The van der Waals surface area contributed by atoms with Crippen molar-refractivity contribution in [2.24, 2.45) is 5.73 Å². The standard InChI is InChI=1S/C27H38N2O4/c1-26(2,32)24(30)21-13-9-19(10-14-21)23(29-18-8-6-5-7-17-28)20-11-15-22(16-12-20)25(31)27(3,4)33/h9-16,23,29,32-33H,5-8,17-18,28H2,1-4H3. The lowest BCUT2D eigenvalue weighted by atomic mass is 9.91. The van der Waals surface area contributed by atoms with Gasteiger partial charge in [0.05, 0.1) is 6.04 Å². The fourth-order valence-corrected chi connectivity index (χ4v) is 3.66. The van der Waals surface area contributed by atoms with Crippen LogP contribution in [0.2, 0.25) is 0 Å². The molecule has 0 heterocycles. The summed E-state index contributed by atoms with van der Waals surface area (Å²) in [5, 5.41) is 23.6. The van der Waals surface area contributed by atoms with Gasteiger partial charge in [-0.3, -0.25) is 9.59 Å². The molecule has 6 nitrogen and oxygen atoms in total. The van der Waals surface area contributed by atoms with Gasteiger partial charge in [0.25, 0.3) is 0 Å². The summed E-state index contributed by atoms with van der Waals surface area (Å²) in [7, 11) is 0. The van der Waals surface area contributed by atoms with Crippen LogP contribution in [0.5, 0.6) is 0 Å². The molecule has 2 aromatic carbocycles. The highest BCUT2D eigenvalue weighted by Crippen LogP contribution is 2.25. The summed E-state index contributed by atoms with van der Waals surface area (Å²) in [6.07, 6.45) is 4.23. The second-order valence-corrected chi connectivity index (χ2v) is 9.61. The Kier molecular flexibility index (Phi) is 9.49. The van der Waals surface area contributed by atoms with Gasteiger partial charge in [-0.1, -0.05) is 61.4 Å². The van der Waals surface area contributed by atoms with Gasteiger partial charge < -0.3 is 21.3 Å². The van der Waals surface area contributed by atoms with Crippen LogP contribution in [0.25, 0.3) is 0 Å². The van der Waals surface area contributed by atoms with E-state index in [0.29, 0.717) is 17.7 Å². The van der Waals surface area contributed by atoms with Gasteiger partial charge in [-0.15, -0.1) is 0 Å². The molecule has 0 saturated carbocycles. The summed E-state index contributed by atoms with van der Waals surface area (Å²) in [5.74, 6) is -0.652. The van der Waals surface area contributed by atoms with Crippen molar-refractivity contribution in [2.45, 2.75) is 70.6 Å². The first-order chi connectivity index (χ1) is 15.4. The van der Waals surface area contributed by atoms with Crippen LogP contribution in [-0.2, 0) is 0 Å². The zero-order valence-corrected chi connectivity index (χ0v) is 20.2. The second-order valence-electron chi connectivity index (χ2n) is 9.61. The van der Waals surface area contributed by atoms with Crippen LogP contribution in [0.3, 0.4) is 0 Å². The van der Waals surface area contributed by atoms with Gasteiger partial charge in [0, 0.05) is 11.1 Å². The molecule has 5 N–H and O–H groups in total. The fourth-order valence-electron chi connectivity index (χ4n) is 3.66. The Morgan fingerprint density at radius 1 is 0.758 bits per heavy atom. The van der Waals surface area contributed by atoms with Gasteiger partial charge in [-0.05, 0) is 64.8 Å². The lowest BCUT2D eigenvalue weighted by Crippen LogP contribution is -2.31. The summed E-state index contributed by atoms with van der Waals surface area (Å²) in [6, 6.07) is 14.4. The minimum atomic E-state index is -1.43. The Morgan fingerprint density at radius 3 is 1.52 bits per heavy atom. The van der Waals surface area contributed by atoms with Crippen molar-refractivity contribution in [3.63, 3.8) is 0 Å². The number of aliphatic hydroxyl groups is 2. The number of unbranched alkanes of at least 4 members (excludes halogenated alkanes) is 3. The number of hydrogen-bond acceptors (Lipinski definition) is 6. The number of hydrogen-bond donors (Lipinski definition) is 4. The number of rotatable bonds is 13. The Hall–Kier alpha value is -2.38. The predicted octanol–water partition coefficient (Wildman–Crippen LogP) is 3.79. The number of benzene rings is 2. The summed E-state index contributed by atoms with van der Waals surface area (Å²) in [6.45, 7) is 7.44. The predicted molar refractivity (Wildman–Crippen MR) is 132 cm³/mol. The van der Waals surface area contributed by atoms with Gasteiger partial charge >= 0.3 is 0 Å². The van der Waals surface area contributed by atoms with Crippen molar-refractivity contribution >= 4 is 11.6 Å². The molecule has 0 radical (unpaired) electrons. The van der Waals surface area contributed by atoms with Crippen LogP contribution in [-0.4, -0.2) is 46.1 Å². The van der Waals surface area contributed by atoms with E-state index in [1.165, 1.54) is 27.7 Å². The smallest absolute Gasteiger partial charge is 0.193 e. The summed E-state index contributed by atoms with van der Waals surface area (Å²) >= 11 is 0. The molecule has 180 valence electrons. The van der Waals surface area contributed by atoms with Crippen molar-refractivity contribution in [1.29, 1.82) is 0 Å². The molecule has 0 aromatic heterocycles. The summed E-state index contributed by atoms with van der Waals surface area (Å²) in [4.78, 5) is 24.7. The van der Waals surface area contributed by atoms with Crippen LogP contribution < -0.4 is 11.1 Å². The average molecular weight is 455 g/mol. The lowest BCUT2D eigenvalue weighted by Gasteiger charge is -2.22. The third kappa shape index (κ3) is 7.86. The Balaban J connectivity index is 2.25. The molecule has 0 atom stereocenters. The highest BCUT2D eigenvalue weighted by molar-refractivity contribution is 6.02. The average Bonchev–Trinajstić information content (AvgIpc) is 2.77. The number of ketones is 2. The lowest BCUT2D eigenvalue weighted by molar-refractivity contribution is 0.0487. The molecule has 0 fully saturated rings. The van der Waals surface area contributed by atoms with Crippen molar-refractivity contribution in [2.75, 3.05) is 13.1 Å². The van der Waals surface area contributed by atoms with Crippen LogP contribution in [0, 0.1) is 0 Å². The molecule has 33 heavy (non-hydrogen) atoms. The maximum atomic E-state index is 12.4. The minimum absolute atomic E-state index is 0.128. The SMILES string of the molecule is CC(C)(O)C(=O)c1ccc(C(NCCCCCCN)c2ccc(C(=O)C(C)(C)O)cc2)cc1. The van der Waals surface area contributed by atoms with Gasteiger partial charge in [0.2, 0.25) is 0 Å². The van der Waals surface area contributed by atoms with Crippen molar-refractivity contribution in [3.05, 3.63) is 70.8 Å². The topological polar surface area (TPSA) is 113 Å². The molecule has 0 amide bonds. The van der Waals surface area contributed by atoms with E-state index in [-0.39, 0.29) is 17.6 Å². The molecule has 2 rings (SSSR count). The van der Waals surface area contributed by atoms with Crippen LogP contribution in [0.15, 0.2) is 48.5 Å². The van der Waals surface area contributed by atoms with E-state index in [9.17, 15) is 19.8 Å². The van der Waals surface area contributed by atoms with Gasteiger partial charge in [-0.25, -0.2) is 0 Å². The van der Waals surface area contributed by atoms with E-state index in [0.717, 1.165) is 43.4 Å². The molecule has 0 aliphatic heterocycles. The normalized spacial score (nSPS) is 12.2. The molecule has 0 saturated heterocycles. The van der Waals surface area contributed by atoms with Crippen molar-refractivity contribution < 1.29 is 19.8 Å². The molecule has 2 aromatic rings. The first-order valence-corrected chi connectivity index (χ1v) is 11.6. The Morgan fingerprint density at radius 2 is 1.15 bits per heavy atom. The monoisotopic (exact) mass is 454 g/mol. The molecule has 0 spiro atoms. The summed E-state index contributed by atoms with van der Waals surface area (Å²) < 4.78 is 0. The largest absolute Gasteiger partial charge is 0.382 e. The van der Waals surface area contributed by atoms with Crippen molar-refractivity contribution in [1.82, 2.24) is 5.32 Å². The molecule has 6 heteroatoms. The van der Waals surface area contributed by atoms with Crippen LogP contribution in [0.1, 0.15) is 91.3 Å². The van der Waals surface area contributed by atoms with E-state index in [4.69, 9.17) is 5.73 Å².